The van der Waals surface area contributed by atoms with Crippen molar-refractivity contribution in [2.24, 2.45) is 0 Å². The minimum Gasteiger partial charge on any atom is -0.415 e. The minimum atomic E-state index is -2.87. The zero-order valence-electron chi connectivity index (χ0n) is 21.0. The quantitative estimate of drug-likeness (QED) is 0.311. The molecule has 1 fully saturated rings. The topological polar surface area (TPSA) is 94.9 Å². The van der Waals surface area contributed by atoms with Gasteiger partial charge in [0.2, 0.25) is 5.89 Å². The monoisotopic (exact) mass is 535 g/mol. The van der Waals surface area contributed by atoms with Crippen LogP contribution in [-0.4, -0.2) is 54.3 Å². The molecule has 0 spiro atoms. The fourth-order valence-electron chi connectivity index (χ4n) is 5.14. The van der Waals surface area contributed by atoms with E-state index in [1.165, 1.54) is 16.8 Å². The summed E-state index contributed by atoms with van der Waals surface area (Å²) in [5, 5.41) is 6.97. The van der Waals surface area contributed by atoms with E-state index in [0.29, 0.717) is 40.0 Å². The van der Waals surface area contributed by atoms with Crippen LogP contribution in [0.2, 0.25) is 0 Å². The van der Waals surface area contributed by atoms with Crippen molar-refractivity contribution in [3.8, 4) is 22.6 Å². The molecular weight excluding hydrogens is 511 g/mol. The molecule has 6 rings (SSSR count). The van der Waals surface area contributed by atoms with Gasteiger partial charge in [-0.2, -0.15) is 8.78 Å². The average molecular weight is 536 g/mol. The Bertz CT molecular complexity index is 1680. The number of hydrogen-bond acceptors (Lipinski definition) is 7. The van der Waals surface area contributed by atoms with E-state index in [-0.39, 0.29) is 24.2 Å². The van der Waals surface area contributed by atoms with E-state index in [0.717, 1.165) is 19.4 Å². The van der Waals surface area contributed by atoms with Gasteiger partial charge in [0.25, 0.3) is 5.89 Å². The van der Waals surface area contributed by atoms with Crippen molar-refractivity contribution in [2.75, 3.05) is 20.1 Å². The van der Waals surface area contributed by atoms with Gasteiger partial charge in [-0.3, -0.25) is 19.1 Å². The van der Waals surface area contributed by atoms with Crippen molar-refractivity contribution in [1.82, 2.24) is 34.2 Å². The SMILES string of the molecule is CN1CCC[C@@H](n2c(=O)n(Cc3ccc(-c4nnc(C(F)F)o4)cn3)c3cc(F)c(-c4cccnc4)cc32)C1. The van der Waals surface area contributed by atoms with Gasteiger partial charge < -0.3 is 9.32 Å². The second-order valence-corrected chi connectivity index (χ2v) is 9.64. The average Bonchev–Trinajstić information content (AvgIpc) is 3.53. The van der Waals surface area contributed by atoms with Crippen LogP contribution in [0.1, 0.15) is 36.9 Å². The number of piperidine rings is 1. The van der Waals surface area contributed by atoms with E-state index in [4.69, 9.17) is 4.42 Å². The molecule has 5 aromatic rings. The van der Waals surface area contributed by atoms with Crippen molar-refractivity contribution in [3.05, 3.63) is 82.9 Å². The standard InChI is InChI=1S/C27H24F3N7O2/c1-35-9-3-5-19(15-35)37-23-10-20(16-4-2-8-31-12-16)21(28)11-22(23)36(27(37)38)14-18-7-6-17(13-32-18)25-33-34-26(39-25)24(29)30/h2,4,6-8,10-13,19,24H,3,5,9,14-15H2,1H3/t19-/m1/s1. The van der Waals surface area contributed by atoms with Gasteiger partial charge >= 0.3 is 12.1 Å². The second-order valence-electron chi connectivity index (χ2n) is 9.64. The molecule has 0 bridgehead atoms. The highest BCUT2D eigenvalue weighted by atomic mass is 19.3. The summed E-state index contributed by atoms with van der Waals surface area (Å²) in [7, 11) is 2.02. The van der Waals surface area contributed by atoms with Gasteiger partial charge in [0, 0.05) is 42.3 Å². The van der Waals surface area contributed by atoms with Crippen LogP contribution in [0.4, 0.5) is 13.2 Å². The first-order valence-corrected chi connectivity index (χ1v) is 12.5. The maximum absolute atomic E-state index is 15.4. The number of pyridine rings is 2. The number of fused-ring (bicyclic) bond motifs is 1. The normalized spacial score (nSPS) is 16.4. The number of imidazole rings is 1. The molecule has 0 saturated carbocycles. The van der Waals surface area contributed by atoms with Gasteiger partial charge in [0.05, 0.1) is 34.9 Å². The lowest BCUT2D eigenvalue weighted by atomic mass is 10.0. The Kier molecular flexibility index (Phi) is 6.47. The predicted octanol–water partition coefficient (Wildman–Crippen LogP) is 4.70. The van der Waals surface area contributed by atoms with Crippen LogP contribution >= 0.6 is 0 Å². The number of nitrogens with zero attached hydrogens (tertiary/aromatic N) is 7. The molecule has 0 aliphatic carbocycles. The summed E-state index contributed by atoms with van der Waals surface area (Å²) < 4.78 is 49.3. The molecule has 9 nitrogen and oxygen atoms in total. The molecule has 0 unspecified atom stereocenters. The lowest BCUT2D eigenvalue weighted by molar-refractivity contribution is 0.116. The molecule has 200 valence electrons. The van der Waals surface area contributed by atoms with E-state index < -0.39 is 18.1 Å². The van der Waals surface area contributed by atoms with Gasteiger partial charge in [-0.15, -0.1) is 10.2 Å². The highest BCUT2D eigenvalue weighted by Crippen LogP contribution is 2.31. The third-order valence-corrected chi connectivity index (χ3v) is 7.01. The van der Waals surface area contributed by atoms with Crippen LogP contribution in [-0.2, 0) is 6.54 Å². The van der Waals surface area contributed by atoms with Crippen molar-refractivity contribution in [3.63, 3.8) is 0 Å². The summed E-state index contributed by atoms with van der Waals surface area (Å²) in [6.07, 6.45) is 3.55. The summed E-state index contributed by atoms with van der Waals surface area (Å²) in [4.78, 5) is 24.5. The summed E-state index contributed by atoms with van der Waals surface area (Å²) in [6.45, 7) is 1.74. The van der Waals surface area contributed by atoms with Crippen LogP contribution < -0.4 is 5.69 Å². The summed E-state index contributed by atoms with van der Waals surface area (Å²) in [5.74, 6) is -1.31. The maximum Gasteiger partial charge on any atom is 0.329 e. The smallest absolute Gasteiger partial charge is 0.329 e. The highest BCUT2D eigenvalue weighted by molar-refractivity contribution is 5.83. The van der Waals surface area contributed by atoms with Gasteiger partial charge in [0.1, 0.15) is 5.82 Å². The van der Waals surface area contributed by atoms with Crippen molar-refractivity contribution in [2.45, 2.75) is 31.9 Å². The van der Waals surface area contributed by atoms with Crippen molar-refractivity contribution >= 4 is 11.0 Å². The van der Waals surface area contributed by atoms with Crippen LogP contribution in [0, 0.1) is 5.82 Å². The Morgan fingerprint density at radius 3 is 2.67 bits per heavy atom. The number of rotatable bonds is 6. The third kappa shape index (κ3) is 4.71. The molecule has 1 aliphatic heterocycles. The lowest BCUT2D eigenvalue weighted by Gasteiger charge is -2.30. The molecule has 1 aliphatic rings. The Morgan fingerprint density at radius 1 is 1.10 bits per heavy atom. The highest BCUT2D eigenvalue weighted by Gasteiger charge is 2.26. The van der Waals surface area contributed by atoms with E-state index >= 15 is 4.39 Å². The van der Waals surface area contributed by atoms with Crippen LogP contribution in [0.5, 0.6) is 0 Å². The Labute approximate surface area is 220 Å². The van der Waals surface area contributed by atoms with Crippen molar-refractivity contribution < 1.29 is 17.6 Å². The number of halogens is 3. The van der Waals surface area contributed by atoms with Crippen LogP contribution in [0.3, 0.4) is 0 Å². The van der Waals surface area contributed by atoms with E-state index in [1.54, 1.807) is 47.3 Å². The molecule has 12 heteroatoms. The Balaban J connectivity index is 1.42. The van der Waals surface area contributed by atoms with Gasteiger partial charge in [-0.1, -0.05) is 6.07 Å². The first-order valence-electron chi connectivity index (χ1n) is 12.5. The second kappa shape index (κ2) is 10.1. The molecule has 0 N–H and O–H groups in total. The lowest BCUT2D eigenvalue weighted by Crippen LogP contribution is -2.38. The third-order valence-electron chi connectivity index (χ3n) is 7.01. The first-order chi connectivity index (χ1) is 18.9. The number of likely N-dealkylation sites (N-methyl/N-ethyl adjacent to an activating group) is 1. The number of alkyl halides is 2. The summed E-state index contributed by atoms with van der Waals surface area (Å²) in [5.41, 5.74) is 2.73. The molecular formula is C27H24F3N7O2. The maximum atomic E-state index is 15.4. The number of likely N-dealkylation sites (tertiary alicyclic amines) is 1. The zero-order chi connectivity index (χ0) is 27.1. The van der Waals surface area contributed by atoms with Gasteiger partial charge in [-0.25, -0.2) is 9.18 Å². The van der Waals surface area contributed by atoms with Crippen LogP contribution in [0.25, 0.3) is 33.6 Å². The molecule has 0 radical (unpaired) electrons. The fourth-order valence-corrected chi connectivity index (χ4v) is 5.14. The molecule has 4 aromatic heterocycles. The number of hydrogen-bond donors (Lipinski definition) is 0. The van der Waals surface area contributed by atoms with E-state index in [2.05, 4.69) is 25.1 Å². The van der Waals surface area contributed by atoms with Crippen molar-refractivity contribution in [1.29, 1.82) is 0 Å². The molecule has 5 heterocycles. The predicted molar refractivity (Wildman–Crippen MR) is 137 cm³/mol. The summed E-state index contributed by atoms with van der Waals surface area (Å²) >= 11 is 0. The van der Waals surface area contributed by atoms with Crippen LogP contribution in [0.15, 0.2) is 64.2 Å². The molecule has 0 amide bonds. The minimum absolute atomic E-state index is 0.0656. The van der Waals surface area contributed by atoms with E-state index in [1.807, 2.05) is 7.05 Å². The molecule has 1 saturated heterocycles. The number of aromatic nitrogens is 6. The molecule has 1 aromatic carbocycles. The largest absolute Gasteiger partial charge is 0.415 e. The summed E-state index contributed by atoms with van der Waals surface area (Å²) in [6, 6.07) is 9.82. The molecule has 1 atom stereocenters. The molecule has 39 heavy (non-hydrogen) atoms. The Morgan fingerprint density at radius 2 is 1.97 bits per heavy atom. The van der Waals surface area contributed by atoms with Gasteiger partial charge in [0.15, 0.2) is 0 Å². The van der Waals surface area contributed by atoms with E-state index in [9.17, 15) is 13.6 Å². The van der Waals surface area contributed by atoms with Gasteiger partial charge in [-0.05, 0) is 50.7 Å². The Hall–Kier alpha value is -4.32. The zero-order valence-corrected chi connectivity index (χ0v) is 21.0. The fraction of sp³-hybridized carbons (Fsp3) is 0.296. The number of benzene rings is 1. The first kappa shape index (κ1) is 25.0.